The molecule has 1 aromatic heterocycles. The van der Waals surface area contributed by atoms with Gasteiger partial charge in [-0.25, -0.2) is 0 Å². The average Bonchev–Trinajstić information content (AvgIpc) is 2.47. The van der Waals surface area contributed by atoms with Crippen molar-refractivity contribution in [3.05, 3.63) is 17.9 Å². The second-order valence-electron chi connectivity index (χ2n) is 2.79. The maximum absolute atomic E-state index is 5.60. The fraction of sp³-hybridized carbons (Fsp3) is 0.500. The molecular weight excluding hydrogens is 154 g/mol. The average molecular weight is 169 g/mol. The Labute approximate surface area is 71.9 Å². The molecule has 0 spiro atoms. The lowest BCUT2D eigenvalue weighted by atomic mass is 10.3. The summed E-state index contributed by atoms with van der Waals surface area (Å²) >= 11 is 0. The molecule has 12 heavy (non-hydrogen) atoms. The van der Waals surface area contributed by atoms with E-state index in [1.807, 2.05) is 19.1 Å². The summed E-state index contributed by atoms with van der Waals surface area (Å²) in [6.45, 7) is 3.02. The molecule has 1 rings (SSSR count). The standard InChI is InChI=1S/C8H15N3O/c1-6-2-3-8(12-6)11-5-7(10)4-9/h2-3,7,11H,4-5,9-10H2,1H3. The number of hydrogen-bond donors (Lipinski definition) is 3. The Morgan fingerprint density at radius 2 is 2.33 bits per heavy atom. The Morgan fingerprint density at radius 1 is 1.58 bits per heavy atom. The molecule has 0 amide bonds. The quantitative estimate of drug-likeness (QED) is 0.605. The highest BCUT2D eigenvalue weighted by Gasteiger charge is 2.00. The first-order valence-corrected chi connectivity index (χ1v) is 3.98. The van der Waals surface area contributed by atoms with Gasteiger partial charge in [-0.05, 0) is 13.0 Å². The minimum Gasteiger partial charge on any atom is -0.446 e. The fourth-order valence-corrected chi connectivity index (χ4v) is 0.845. The van der Waals surface area contributed by atoms with E-state index < -0.39 is 0 Å². The molecule has 0 bridgehead atoms. The zero-order chi connectivity index (χ0) is 8.97. The fourth-order valence-electron chi connectivity index (χ4n) is 0.845. The molecule has 0 aromatic carbocycles. The molecule has 1 unspecified atom stereocenters. The maximum Gasteiger partial charge on any atom is 0.193 e. The molecule has 0 saturated carbocycles. The van der Waals surface area contributed by atoms with Gasteiger partial charge in [0.1, 0.15) is 5.76 Å². The first-order valence-electron chi connectivity index (χ1n) is 3.98. The van der Waals surface area contributed by atoms with Gasteiger partial charge in [-0.3, -0.25) is 0 Å². The van der Waals surface area contributed by atoms with Crippen molar-refractivity contribution in [1.29, 1.82) is 0 Å². The first-order chi connectivity index (χ1) is 5.72. The highest BCUT2D eigenvalue weighted by atomic mass is 16.4. The number of nitrogens with one attached hydrogen (secondary N) is 1. The first kappa shape index (κ1) is 9.09. The van der Waals surface area contributed by atoms with E-state index in [2.05, 4.69) is 5.32 Å². The van der Waals surface area contributed by atoms with E-state index in [1.54, 1.807) is 0 Å². The molecular formula is C8H15N3O. The molecule has 0 aliphatic carbocycles. The van der Waals surface area contributed by atoms with Gasteiger partial charge in [0.2, 0.25) is 0 Å². The summed E-state index contributed by atoms with van der Waals surface area (Å²) in [6.07, 6.45) is 0. The second-order valence-corrected chi connectivity index (χ2v) is 2.79. The van der Waals surface area contributed by atoms with Crippen molar-refractivity contribution in [3.8, 4) is 0 Å². The van der Waals surface area contributed by atoms with E-state index >= 15 is 0 Å². The Morgan fingerprint density at radius 3 is 2.83 bits per heavy atom. The van der Waals surface area contributed by atoms with Crippen LogP contribution in [-0.2, 0) is 0 Å². The molecule has 68 valence electrons. The predicted octanol–water partition coefficient (Wildman–Crippen LogP) is 0.286. The van der Waals surface area contributed by atoms with Crippen molar-refractivity contribution in [2.24, 2.45) is 11.5 Å². The van der Waals surface area contributed by atoms with Crippen molar-refractivity contribution in [3.63, 3.8) is 0 Å². The van der Waals surface area contributed by atoms with Crippen LogP contribution in [0.5, 0.6) is 0 Å². The monoisotopic (exact) mass is 169 g/mol. The van der Waals surface area contributed by atoms with Gasteiger partial charge in [-0.2, -0.15) is 0 Å². The van der Waals surface area contributed by atoms with Crippen molar-refractivity contribution in [2.45, 2.75) is 13.0 Å². The van der Waals surface area contributed by atoms with Gasteiger partial charge in [0.05, 0.1) is 0 Å². The third kappa shape index (κ3) is 2.56. The number of hydrogen-bond acceptors (Lipinski definition) is 4. The Bertz CT molecular complexity index is 234. The molecule has 1 atom stereocenters. The summed E-state index contributed by atoms with van der Waals surface area (Å²) in [5.74, 6) is 1.63. The number of anilines is 1. The van der Waals surface area contributed by atoms with E-state index in [4.69, 9.17) is 15.9 Å². The SMILES string of the molecule is Cc1ccc(NCC(N)CN)o1. The third-order valence-corrected chi connectivity index (χ3v) is 1.58. The number of furan rings is 1. The highest BCUT2D eigenvalue weighted by molar-refractivity contribution is 5.31. The van der Waals surface area contributed by atoms with E-state index in [0.717, 1.165) is 11.6 Å². The summed E-state index contributed by atoms with van der Waals surface area (Å²) in [7, 11) is 0. The molecule has 4 heteroatoms. The minimum absolute atomic E-state index is 0.0181. The van der Waals surface area contributed by atoms with Crippen LogP contribution in [0.3, 0.4) is 0 Å². The van der Waals surface area contributed by atoms with E-state index in [1.165, 1.54) is 0 Å². The zero-order valence-corrected chi connectivity index (χ0v) is 7.21. The molecule has 4 nitrogen and oxygen atoms in total. The number of aryl methyl sites for hydroxylation is 1. The lowest BCUT2D eigenvalue weighted by Crippen LogP contribution is -2.36. The molecule has 0 fully saturated rings. The van der Waals surface area contributed by atoms with Crippen LogP contribution in [0.2, 0.25) is 0 Å². The normalized spacial score (nSPS) is 12.9. The van der Waals surface area contributed by atoms with Crippen molar-refractivity contribution < 1.29 is 4.42 Å². The molecule has 5 N–H and O–H groups in total. The lowest BCUT2D eigenvalue weighted by molar-refractivity contribution is 0.542. The Hall–Kier alpha value is -1.00. The van der Waals surface area contributed by atoms with Crippen molar-refractivity contribution >= 4 is 5.88 Å². The van der Waals surface area contributed by atoms with Gasteiger partial charge in [0, 0.05) is 25.2 Å². The molecule has 0 saturated heterocycles. The molecule has 1 aromatic rings. The number of rotatable bonds is 4. The van der Waals surface area contributed by atoms with Crippen LogP contribution in [0.15, 0.2) is 16.5 Å². The smallest absolute Gasteiger partial charge is 0.193 e. The van der Waals surface area contributed by atoms with Gasteiger partial charge < -0.3 is 21.2 Å². The molecule has 0 aliphatic heterocycles. The van der Waals surface area contributed by atoms with E-state index in [-0.39, 0.29) is 6.04 Å². The lowest BCUT2D eigenvalue weighted by Gasteiger charge is -2.08. The summed E-state index contributed by atoms with van der Waals surface area (Å²) in [6, 6.07) is 3.75. The number of nitrogens with two attached hydrogens (primary N) is 2. The molecule has 0 aliphatic rings. The topological polar surface area (TPSA) is 77.2 Å². The Kier molecular flexibility index (Phi) is 3.13. The van der Waals surface area contributed by atoms with Crippen LogP contribution in [-0.4, -0.2) is 19.1 Å². The van der Waals surface area contributed by atoms with Crippen LogP contribution in [0, 0.1) is 6.92 Å². The maximum atomic E-state index is 5.60. The summed E-state index contributed by atoms with van der Waals surface area (Å²) in [4.78, 5) is 0. The summed E-state index contributed by atoms with van der Waals surface area (Å²) < 4.78 is 5.27. The third-order valence-electron chi connectivity index (χ3n) is 1.58. The molecule has 0 radical (unpaired) electrons. The summed E-state index contributed by atoms with van der Waals surface area (Å²) in [5.41, 5.74) is 10.9. The van der Waals surface area contributed by atoms with Gasteiger partial charge in [-0.1, -0.05) is 0 Å². The zero-order valence-electron chi connectivity index (χ0n) is 7.21. The largest absolute Gasteiger partial charge is 0.446 e. The van der Waals surface area contributed by atoms with Gasteiger partial charge in [-0.15, -0.1) is 0 Å². The van der Waals surface area contributed by atoms with E-state index in [9.17, 15) is 0 Å². The van der Waals surface area contributed by atoms with Gasteiger partial charge in [0.15, 0.2) is 5.88 Å². The minimum atomic E-state index is -0.0181. The van der Waals surface area contributed by atoms with E-state index in [0.29, 0.717) is 13.1 Å². The van der Waals surface area contributed by atoms with Crippen LogP contribution >= 0.6 is 0 Å². The Balaban J connectivity index is 2.33. The van der Waals surface area contributed by atoms with Crippen molar-refractivity contribution in [1.82, 2.24) is 0 Å². The van der Waals surface area contributed by atoms with Crippen LogP contribution in [0.25, 0.3) is 0 Å². The highest BCUT2D eigenvalue weighted by Crippen LogP contribution is 2.11. The van der Waals surface area contributed by atoms with Gasteiger partial charge >= 0.3 is 0 Å². The molecule has 1 heterocycles. The van der Waals surface area contributed by atoms with Crippen LogP contribution < -0.4 is 16.8 Å². The van der Waals surface area contributed by atoms with Crippen LogP contribution in [0.1, 0.15) is 5.76 Å². The van der Waals surface area contributed by atoms with Crippen LogP contribution in [0.4, 0.5) is 5.88 Å². The van der Waals surface area contributed by atoms with Crippen molar-refractivity contribution in [2.75, 3.05) is 18.4 Å². The predicted molar refractivity (Wildman–Crippen MR) is 49.0 cm³/mol. The summed E-state index contributed by atoms with van der Waals surface area (Å²) in [5, 5.41) is 3.04. The van der Waals surface area contributed by atoms with Gasteiger partial charge in [0.25, 0.3) is 0 Å². The second kappa shape index (κ2) is 4.13.